The maximum atomic E-state index is 12.6. The van der Waals surface area contributed by atoms with Crippen molar-refractivity contribution in [2.45, 2.75) is 31.2 Å². The zero-order valence-corrected chi connectivity index (χ0v) is 13.6. The van der Waals surface area contributed by atoms with E-state index in [1.165, 1.54) is 0 Å². The number of rotatable bonds is 3. The van der Waals surface area contributed by atoms with Crippen LogP contribution in [-0.4, -0.2) is 37.0 Å². The van der Waals surface area contributed by atoms with Gasteiger partial charge in [-0.15, -0.1) is 0 Å². The van der Waals surface area contributed by atoms with Gasteiger partial charge < -0.3 is 10.2 Å². The van der Waals surface area contributed by atoms with Crippen molar-refractivity contribution in [1.82, 2.24) is 10.2 Å². The summed E-state index contributed by atoms with van der Waals surface area (Å²) >= 11 is 12.0. The quantitative estimate of drug-likeness (QED) is 0.924. The molecule has 1 aliphatic carbocycles. The summed E-state index contributed by atoms with van der Waals surface area (Å²) in [5, 5.41) is 4.47. The predicted molar refractivity (Wildman–Crippen MR) is 86.0 cm³/mol. The molecular formula is C16H20Cl2N2O. The van der Waals surface area contributed by atoms with Gasteiger partial charge in [-0.1, -0.05) is 29.3 Å². The second-order valence-electron chi connectivity index (χ2n) is 6.05. The monoisotopic (exact) mass is 326 g/mol. The molecule has 1 heterocycles. The standard InChI is InChI=1S/C16H20Cl2N2O/c1-20(11-4-6-19-7-5-11)16(21)13-9-12(13)10-2-3-14(17)15(18)8-10/h2-3,8,11-13,19H,4-7,9H2,1H3. The highest BCUT2D eigenvalue weighted by molar-refractivity contribution is 6.42. The second-order valence-corrected chi connectivity index (χ2v) is 6.87. The van der Waals surface area contributed by atoms with Crippen LogP contribution < -0.4 is 5.32 Å². The Morgan fingerprint density at radius 2 is 1.95 bits per heavy atom. The molecule has 2 fully saturated rings. The molecule has 0 aromatic heterocycles. The average molecular weight is 327 g/mol. The van der Waals surface area contributed by atoms with Crippen molar-refractivity contribution < 1.29 is 4.79 Å². The van der Waals surface area contributed by atoms with Crippen molar-refractivity contribution in [2.75, 3.05) is 20.1 Å². The van der Waals surface area contributed by atoms with Crippen LogP contribution in [0.2, 0.25) is 10.0 Å². The van der Waals surface area contributed by atoms with Crippen LogP contribution in [0.3, 0.4) is 0 Å². The van der Waals surface area contributed by atoms with E-state index in [1.54, 1.807) is 0 Å². The molecule has 1 aliphatic heterocycles. The summed E-state index contributed by atoms with van der Waals surface area (Å²) in [4.78, 5) is 14.5. The molecule has 1 saturated heterocycles. The third-order valence-electron chi connectivity index (χ3n) is 4.68. The minimum Gasteiger partial charge on any atom is -0.342 e. The van der Waals surface area contributed by atoms with E-state index >= 15 is 0 Å². The van der Waals surface area contributed by atoms with E-state index in [0.717, 1.165) is 37.9 Å². The van der Waals surface area contributed by atoms with Gasteiger partial charge in [0, 0.05) is 19.0 Å². The maximum Gasteiger partial charge on any atom is 0.226 e. The van der Waals surface area contributed by atoms with E-state index in [1.807, 2.05) is 30.1 Å². The highest BCUT2D eigenvalue weighted by Crippen LogP contribution is 2.49. The first-order chi connectivity index (χ1) is 10.1. The van der Waals surface area contributed by atoms with Gasteiger partial charge in [-0.3, -0.25) is 4.79 Å². The SMILES string of the molecule is CN(C(=O)C1CC1c1ccc(Cl)c(Cl)c1)C1CCNCC1. The number of amides is 1. The van der Waals surface area contributed by atoms with Crippen LogP contribution in [0.4, 0.5) is 0 Å². The first-order valence-corrected chi connectivity index (χ1v) is 8.26. The van der Waals surface area contributed by atoms with Crippen molar-refractivity contribution in [3.63, 3.8) is 0 Å². The molecule has 3 nitrogen and oxygen atoms in total. The Balaban J connectivity index is 1.63. The number of nitrogens with zero attached hydrogens (tertiary/aromatic N) is 1. The minimum absolute atomic E-state index is 0.113. The number of hydrogen-bond acceptors (Lipinski definition) is 2. The van der Waals surface area contributed by atoms with Gasteiger partial charge >= 0.3 is 0 Å². The molecule has 114 valence electrons. The number of carbonyl (C=O) groups excluding carboxylic acids is 1. The van der Waals surface area contributed by atoms with Crippen LogP contribution in [0.5, 0.6) is 0 Å². The fourth-order valence-electron chi connectivity index (χ4n) is 3.21. The molecule has 5 heteroatoms. The lowest BCUT2D eigenvalue weighted by Gasteiger charge is -2.32. The zero-order valence-electron chi connectivity index (χ0n) is 12.1. The Morgan fingerprint density at radius 3 is 2.62 bits per heavy atom. The fourth-order valence-corrected chi connectivity index (χ4v) is 3.52. The van der Waals surface area contributed by atoms with Crippen LogP contribution in [0.1, 0.15) is 30.7 Å². The van der Waals surface area contributed by atoms with E-state index in [2.05, 4.69) is 5.32 Å². The van der Waals surface area contributed by atoms with Gasteiger partial charge in [0.1, 0.15) is 0 Å². The van der Waals surface area contributed by atoms with E-state index in [9.17, 15) is 4.79 Å². The van der Waals surface area contributed by atoms with Crippen molar-refractivity contribution in [3.8, 4) is 0 Å². The van der Waals surface area contributed by atoms with Gasteiger partial charge in [0.05, 0.1) is 10.0 Å². The Bertz CT molecular complexity index is 543. The average Bonchev–Trinajstić information content (AvgIpc) is 3.30. The molecule has 1 aromatic rings. The van der Waals surface area contributed by atoms with Gasteiger partial charge in [-0.2, -0.15) is 0 Å². The first kappa shape index (κ1) is 15.1. The fraction of sp³-hybridized carbons (Fsp3) is 0.562. The predicted octanol–water partition coefficient (Wildman–Crippen LogP) is 3.31. The van der Waals surface area contributed by atoms with E-state index in [-0.39, 0.29) is 11.8 Å². The maximum absolute atomic E-state index is 12.6. The van der Waals surface area contributed by atoms with Crippen LogP contribution >= 0.6 is 23.2 Å². The molecule has 2 aliphatic rings. The smallest absolute Gasteiger partial charge is 0.226 e. The number of hydrogen-bond donors (Lipinski definition) is 1. The molecule has 0 bridgehead atoms. The molecule has 1 saturated carbocycles. The number of nitrogens with one attached hydrogen (secondary N) is 1. The highest BCUT2D eigenvalue weighted by Gasteiger charge is 2.46. The summed E-state index contributed by atoms with van der Waals surface area (Å²) in [5.41, 5.74) is 1.13. The summed E-state index contributed by atoms with van der Waals surface area (Å²) in [6, 6.07) is 6.08. The molecule has 21 heavy (non-hydrogen) atoms. The van der Waals surface area contributed by atoms with Gasteiger partial charge in [-0.05, 0) is 56.0 Å². The third kappa shape index (κ3) is 3.20. The summed E-state index contributed by atoms with van der Waals surface area (Å²) in [7, 11) is 1.95. The summed E-state index contributed by atoms with van der Waals surface area (Å²) in [6.07, 6.45) is 3.02. The van der Waals surface area contributed by atoms with Crippen molar-refractivity contribution in [3.05, 3.63) is 33.8 Å². The molecule has 3 rings (SSSR count). The van der Waals surface area contributed by atoms with Crippen molar-refractivity contribution in [1.29, 1.82) is 0 Å². The summed E-state index contributed by atoms with van der Waals surface area (Å²) < 4.78 is 0. The number of benzene rings is 1. The molecule has 0 spiro atoms. The Hall–Kier alpha value is -0.770. The lowest BCUT2D eigenvalue weighted by atomic mass is 10.0. The molecule has 1 amide bonds. The topological polar surface area (TPSA) is 32.3 Å². The molecular weight excluding hydrogens is 307 g/mol. The Labute approximate surface area is 135 Å². The lowest BCUT2D eigenvalue weighted by Crippen LogP contribution is -2.44. The van der Waals surface area contributed by atoms with E-state index in [0.29, 0.717) is 22.0 Å². The molecule has 2 atom stereocenters. The van der Waals surface area contributed by atoms with Gasteiger partial charge in [0.15, 0.2) is 0 Å². The van der Waals surface area contributed by atoms with E-state index < -0.39 is 0 Å². The second kappa shape index (κ2) is 6.15. The largest absolute Gasteiger partial charge is 0.342 e. The Kier molecular flexibility index (Phi) is 4.43. The van der Waals surface area contributed by atoms with Crippen molar-refractivity contribution >= 4 is 29.1 Å². The first-order valence-electron chi connectivity index (χ1n) is 7.50. The molecule has 0 radical (unpaired) electrons. The Morgan fingerprint density at radius 1 is 1.24 bits per heavy atom. The number of piperidine rings is 1. The van der Waals surface area contributed by atoms with Gasteiger partial charge in [0.25, 0.3) is 0 Å². The van der Waals surface area contributed by atoms with Gasteiger partial charge in [-0.25, -0.2) is 0 Å². The van der Waals surface area contributed by atoms with Crippen LogP contribution in [0.15, 0.2) is 18.2 Å². The number of halogens is 2. The molecule has 2 unspecified atom stereocenters. The van der Waals surface area contributed by atoms with Crippen LogP contribution in [0, 0.1) is 5.92 Å². The molecule has 1 N–H and O–H groups in total. The molecule has 1 aromatic carbocycles. The zero-order chi connectivity index (χ0) is 15.0. The van der Waals surface area contributed by atoms with Gasteiger partial charge in [0.2, 0.25) is 5.91 Å². The summed E-state index contributed by atoms with van der Waals surface area (Å²) in [5.74, 6) is 0.691. The number of carbonyl (C=O) groups is 1. The van der Waals surface area contributed by atoms with Crippen LogP contribution in [-0.2, 0) is 4.79 Å². The normalized spacial score (nSPS) is 25.7. The van der Waals surface area contributed by atoms with Crippen molar-refractivity contribution in [2.24, 2.45) is 5.92 Å². The lowest BCUT2D eigenvalue weighted by molar-refractivity contribution is -0.133. The third-order valence-corrected chi connectivity index (χ3v) is 5.42. The van der Waals surface area contributed by atoms with Crippen LogP contribution in [0.25, 0.3) is 0 Å². The van der Waals surface area contributed by atoms with E-state index in [4.69, 9.17) is 23.2 Å². The minimum atomic E-state index is 0.113. The highest BCUT2D eigenvalue weighted by atomic mass is 35.5. The summed E-state index contributed by atoms with van der Waals surface area (Å²) in [6.45, 7) is 2.01.